The van der Waals surface area contributed by atoms with Gasteiger partial charge in [0.05, 0.1) is 11.5 Å². The molecule has 0 radical (unpaired) electrons. The van der Waals surface area contributed by atoms with Crippen molar-refractivity contribution in [1.82, 2.24) is 4.98 Å². The fourth-order valence-electron chi connectivity index (χ4n) is 4.31. The van der Waals surface area contributed by atoms with E-state index in [-0.39, 0.29) is 30.1 Å². The zero-order chi connectivity index (χ0) is 24.2. The smallest absolute Gasteiger partial charge is 0.392 e. The van der Waals surface area contributed by atoms with E-state index in [1.807, 2.05) is 0 Å². The third-order valence-electron chi connectivity index (χ3n) is 6.17. The molecule has 1 aromatic heterocycles. The van der Waals surface area contributed by atoms with Crippen LogP contribution in [0.1, 0.15) is 38.6 Å². The first kappa shape index (κ1) is 22.3. The Balaban J connectivity index is 1.36. The van der Waals surface area contributed by atoms with Crippen molar-refractivity contribution < 1.29 is 27.5 Å². The van der Waals surface area contributed by atoms with Crippen LogP contribution in [0.3, 0.4) is 0 Å². The second-order valence-electron chi connectivity index (χ2n) is 8.41. The Hall–Kier alpha value is -3.52. The number of carbonyl (C=O) groups excluding carboxylic acids is 2. The average Bonchev–Trinajstić information content (AvgIpc) is 3.50. The summed E-state index contributed by atoms with van der Waals surface area (Å²) in [5.41, 5.74) is 7.12. The number of nitrogens with two attached hydrogens (primary N) is 1. The van der Waals surface area contributed by atoms with Crippen molar-refractivity contribution in [3.63, 3.8) is 0 Å². The molecular weight excluding hydrogens is 469 g/mol. The lowest BCUT2D eigenvalue weighted by Crippen LogP contribution is -2.16. The lowest BCUT2D eigenvalue weighted by molar-refractivity contribution is -0.148. The van der Waals surface area contributed by atoms with E-state index in [1.54, 1.807) is 48.5 Å². The number of halogens is 4. The van der Waals surface area contributed by atoms with Gasteiger partial charge in [0.1, 0.15) is 5.75 Å². The van der Waals surface area contributed by atoms with Gasteiger partial charge in [-0.15, -0.1) is 0 Å². The fraction of sp³-hybridized carbons (Fsp3) is 0.200. The van der Waals surface area contributed by atoms with Crippen LogP contribution in [0.2, 0.25) is 5.02 Å². The first-order chi connectivity index (χ1) is 16.1. The number of aromatic amines is 1. The number of primary amides is 1. The second kappa shape index (κ2) is 8.06. The summed E-state index contributed by atoms with van der Waals surface area (Å²) in [6.07, 6.45) is -2.62. The average molecular weight is 487 g/mol. The van der Waals surface area contributed by atoms with Crippen molar-refractivity contribution in [3.8, 4) is 5.75 Å². The van der Waals surface area contributed by atoms with E-state index < -0.39 is 23.9 Å². The van der Waals surface area contributed by atoms with Crippen molar-refractivity contribution in [1.29, 1.82) is 0 Å². The number of amides is 1. The van der Waals surface area contributed by atoms with Gasteiger partial charge in [-0.1, -0.05) is 29.8 Å². The van der Waals surface area contributed by atoms with E-state index >= 15 is 0 Å². The van der Waals surface area contributed by atoms with Gasteiger partial charge in [-0.3, -0.25) is 9.59 Å². The fourth-order valence-corrected chi connectivity index (χ4v) is 4.49. The molecule has 0 spiro atoms. The summed E-state index contributed by atoms with van der Waals surface area (Å²) in [4.78, 5) is 27.8. The van der Waals surface area contributed by atoms with Crippen LogP contribution in [0, 0.1) is 5.92 Å². The Labute approximate surface area is 196 Å². The van der Waals surface area contributed by atoms with Crippen LogP contribution in [0.5, 0.6) is 5.75 Å². The highest BCUT2D eigenvalue weighted by atomic mass is 35.5. The van der Waals surface area contributed by atoms with Crippen LogP contribution in [0.4, 0.5) is 13.2 Å². The molecule has 34 heavy (non-hydrogen) atoms. The number of H-pyrrole nitrogens is 1. The Kier molecular flexibility index (Phi) is 5.28. The zero-order valence-electron chi connectivity index (χ0n) is 17.6. The number of carbonyl (C=O) groups is 2. The maximum Gasteiger partial charge on any atom is 0.392 e. The quantitative estimate of drug-likeness (QED) is 0.328. The second-order valence-corrected chi connectivity index (χ2v) is 8.85. The highest BCUT2D eigenvalue weighted by Crippen LogP contribution is 2.56. The molecule has 1 amide bonds. The van der Waals surface area contributed by atoms with Gasteiger partial charge in [0, 0.05) is 27.7 Å². The Morgan fingerprint density at radius 3 is 2.56 bits per heavy atom. The Morgan fingerprint density at radius 2 is 1.85 bits per heavy atom. The minimum atomic E-state index is -4.20. The molecule has 0 aliphatic heterocycles. The number of nitrogens with one attached hydrogen (secondary N) is 1. The van der Waals surface area contributed by atoms with Crippen LogP contribution in [-0.4, -0.2) is 29.5 Å². The lowest BCUT2D eigenvalue weighted by Gasteiger charge is -2.11. The van der Waals surface area contributed by atoms with E-state index in [0.29, 0.717) is 32.4 Å². The molecule has 1 unspecified atom stereocenters. The molecule has 0 saturated heterocycles. The van der Waals surface area contributed by atoms with E-state index in [2.05, 4.69) is 4.98 Å². The number of ether oxygens (including phenoxy) is 1. The molecule has 174 valence electrons. The maximum atomic E-state index is 12.9. The third-order valence-corrected chi connectivity index (χ3v) is 6.41. The molecule has 3 aromatic carbocycles. The van der Waals surface area contributed by atoms with Crippen molar-refractivity contribution in [2.45, 2.75) is 18.5 Å². The molecule has 1 heterocycles. The summed E-state index contributed by atoms with van der Waals surface area (Å²) >= 11 is 6.01. The number of benzene rings is 3. The van der Waals surface area contributed by atoms with E-state index in [4.69, 9.17) is 22.1 Å². The predicted molar refractivity (Wildman–Crippen MR) is 123 cm³/mol. The van der Waals surface area contributed by atoms with Crippen LogP contribution in [-0.2, 0) is 0 Å². The molecule has 1 fully saturated rings. The van der Waals surface area contributed by atoms with E-state index in [0.717, 1.165) is 5.39 Å². The van der Waals surface area contributed by atoms with Crippen LogP contribution in [0.15, 0.2) is 54.7 Å². The van der Waals surface area contributed by atoms with Gasteiger partial charge < -0.3 is 15.5 Å². The highest BCUT2D eigenvalue weighted by molar-refractivity contribution is 6.31. The normalized spacial score (nSPS) is 17.8. The van der Waals surface area contributed by atoms with Gasteiger partial charge in [-0.2, -0.15) is 13.2 Å². The minimum absolute atomic E-state index is 0.0789. The van der Waals surface area contributed by atoms with Gasteiger partial charge in [-0.25, -0.2) is 0 Å². The summed E-state index contributed by atoms with van der Waals surface area (Å²) in [5, 5.41) is 2.55. The summed E-state index contributed by atoms with van der Waals surface area (Å²) in [7, 11) is 0. The molecule has 1 aliphatic rings. The number of aromatic nitrogens is 1. The first-order valence-corrected chi connectivity index (χ1v) is 10.9. The van der Waals surface area contributed by atoms with E-state index in [9.17, 15) is 22.8 Å². The Morgan fingerprint density at radius 1 is 1.06 bits per heavy atom. The van der Waals surface area contributed by atoms with Gasteiger partial charge >= 0.3 is 6.18 Å². The third kappa shape index (κ3) is 4.09. The Bertz CT molecular complexity index is 1460. The summed E-state index contributed by atoms with van der Waals surface area (Å²) in [6, 6.07) is 13.3. The molecule has 2 atom stereocenters. The van der Waals surface area contributed by atoms with Crippen molar-refractivity contribution in [3.05, 3.63) is 76.4 Å². The molecule has 9 heteroatoms. The molecule has 0 bridgehead atoms. The first-order valence-electron chi connectivity index (χ1n) is 10.5. The number of Topliss-reactive ketones (excluding diaryl/α,β-unsaturated/α-hetero) is 1. The monoisotopic (exact) mass is 486 g/mol. The number of hydrogen-bond donors (Lipinski definition) is 2. The zero-order valence-corrected chi connectivity index (χ0v) is 18.3. The van der Waals surface area contributed by atoms with Crippen molar-refractivity contribution in [2.75, 3.05) is 6.61 Å². The van der Waals surface area contributed by atoms with Crippen molar-refractivity contribution in [2.24, 2.45) is 11.7 Å². The van der Waals surface area contributed by atoms with Crippen LogP contribution >= 0.6 is 11.6 Å². The molecule has 3 N–H and O–H groups in total. The summed E-state index contributed by atoms with van der Waals surface area (Å²) in [6.45, 7) is -0.354. The standard InChI is InChI=1S/C25H18ClF3N2O3/c26-15-3-1-12-8-23(18(24(30)33)6-14(12)5-15)34-11-22(32)19-10-31-21-7-13(2-4-16(19)21)17-9-20(17)25(27,28)29/h1-8,10,17,20,31H,9,11H2,(H2,30,33)/t17?,20-/m1/s1. The largest absolute Gasteiger partial charge is 0.485 e. The number of hydrogen-bond acceptors (Lipinski definition) is 3. The molecule has 5 rings (SSSR count). The van der Waals surface area contributed by atoms with E-state index in [1.165, 1.54) is 6.20 Å². The number of alkyl halides is 3. The highest BCUT2D eigenvalue weighted by Gasteiger charge is 2.56. The van der Waals surface area contributed by atoms with Gasteiger partial charge in [-0.05, 0) is 59.0 Å². The predicted octanol–water partition coefficient (Wildman–Crippen LogP) is 6.00. The van der Waals surface area contributed by atoms with Gasteiger partial charge in [0.25, 0.3) is 5.91 Å². The van der Waals surface area contributed by atoms with Crippen LogP contribution in [0.25, 0.3) is 21.7 Å². The number of fused-ring (bicyclic) bond motifs is 2. The maximum absolute atomic E-state index is 12.9. The molecule has 1 saturated carbocycles. The van der Waals surface area contributed by atoms with Gasteiger partial charge in [0.15, 0.2) is 6.61 Å². The molecule has 1 aliphatic carbocycles. The summed E-state index contributed by atoms with van der Waals surface area (Å²) in [5.74, 6) is -2.76. The lowest BCUT2D eigenvalue weighted by atomic mass is 10.0. The number of ketones is 1. The topological polar surface area (TPSA) is 85.2 Å². The SMILES string of the molecule is NC(=O)c1cc2cc(Cl)ccc2cc1OCC(=O)c1c[nH]c2cc(C3C[C@H]3C(F)(F)F)ccc12. The molecular formula is C25H18ClF3N2O3. The minimum Gasteiger partial charge on any atom is -0.485 e. The van der Waals surface area contributed by atoms with Gasteiger partial charge in [0.2, 0.25) is 5.78 Å². The van der Waals surface area contributed by atoms with Crippen molar-refractivity contribution >= 4 is 45.0 Å². The number of rotatable bonds is 6. The molecule has 5 nitrogen and oxygen atoms in total. The molecule has 4 aromatic rings. The van der Waals surface area contributed by atoms with Crippen LogP contribution < -0.4 is 10.5 Å². The summed E-state index contributed by atoms with van der Waals surface area (Å²) < 4.78 is 44.4.